The van der Waals surface area contributed by atoms with E-state index in [4.69, 9.17) is 16.1 Å². The Kier molecular flexibility index (Phi) is 6.60. The number of ether oxygens (including phenoxy) is 1. The van der Waals surface area contributed by atoms with Gasteiger partial charge in [-0.25, -0.2) is 4.39 Å². The third-order valence-electron chi connectivity index (χ3n) is 6.17. The topological polar surface area (TPSA) is 71.7 Å². The number of likely N-dealkylation sites (tertiary alicyclic amines) is 1. The number of carbonyl (C=O) groups is 1. The molecule has 5 rings (SSSR count). The molecule has 0 radical (unpaired) electrons. The number of benzene rings is 2. The van der Waals surface area contributed by atoms with Crippen LogP contribution in [-0.2, 0) is 19.6 Å². The molecule has 1 fully saturated rings. The summed E-state index contributed by atoms with van der Waals surface area (Å²) < 4.78 is 59.7. The first-order valence-corrected chi connectivity index (χ1v) is 11.7. The van der Waals surface area contributed by atoms with Gasteiger partial charge in [0, 0.05) is 31.7 Å². The third kappa shape index (κ3) is 5.46. The summed E-state index contributed by atoms with van der Waals surface area (Å²) in [6.45, 7) is 2.13. The van der Waals surface area contributed by atoms with Crippen LogP contribution in [-0.4, -0.2) is 51.5 Å². The molecule has 0 saturated carbocycles. The van der Waals surface area contributed by atoms with Crippen LogP contribution in [0, 0.1) is 0 Å². The molecule has 0 unspecified atom stereocenters. The molecule has 1 aromatic heterocycles. The van der Waals surface area contributed by atoms with Crippen molar-refractivity contribution in [3.05, 3.63) is 64.0 Å². The zero-order valence-electron chi connectivity index (χ0n) is 18.9. The van der Waals surface area contributed by atoms with Crippen molar-refractivity contribution < 1.29 is 31.6 Å². The number of hydrogen-bond donors (Lipinski definition) is 0. The number of hydrogen-bond acceptors (Lipinski definition) is 6. The van der Waals surface area contributed by atoms with Crippen LogP contribution in [0.2, 0.25) is 5.02 Å². The summed E-state index contributed by atoms with van der Waals surface area (Å²) in [6.07, 6.45) is -4.57. The van der Waals surface area contributed by atoms with Gasteiger partial charge >= 0.3 is 6.36 Å². The van der Waals surface area contributed by atoms with Gasteiger partial charge in [0.05, 0.1) is 17.1 Å². The minimum atomic E-state index is -4.77. The minimum absolute atomic E-state index is 0.188. The lowest BCUT2D eigenvalue weighted by Gasteiger charge is -2.26. The van der Waals surface area contributed by atoms with Crippen molar-refractivity contribution >= 4 is 17.5 Å². The van der Waals surface area contributed by atoms with Crippen molar-refractivity contribution in [3.63, 3.8) is 0 Å². The van der Waals surface area contributed by atoms with Gasteiger partial charge in [-0.2, -0.15) is 4.98 Å². The van der Waals surface area contributed by atoms with E-state index in [2.05, 4.69) is 19.8 Å². The van der Waals surface area contributed by atoms with Crippen molar-refractivity contribution in [2.45, 2.75) is 45.0 Å². The maximum absolute atomic E-state index is 13.4. The lowest BCUT2D eigenvalue weighted by Crippen LogP contribution is -2.33. The first-order chi connectivity index (χ1) is 17.1. The monoisotopic (exact) mass is 524 g/mol. The lowest BCUT2D eigenvalue weighted by atomic mass is 10.1. The van der Waals surface area contributed by atoms with Crippen molar-refractivity contribution in [3.8, 4) is 17.1 Å². The Morgan fingerprint density at radius 1 is 1.11 bits per heavy atom. The predicted octanol–water partition coefficient (Wildman–Crippen LogP) is 5.38. The highest BCUT2D eigenvalue weighted by Crippen LogP contribution is 2.34. The van der Waals surface area contributed by atoms with E-state index in [9.17, 15) is 22.4 Å². The number of nitrogens with zero attached hydrogens (tertiary/aromatic N) is 4. The van der Waals surface area contributed by atoms with E-state index in [-0.39, 0.29) is 29.8 Å². The molecule has 2 aliphatic rings. The van der Waals surface area contributed by atoms with Gasteiger partial charge in [-0.1, -0.05) is 28.9 Å². The second kappa shape index (κ2) is 9.70. The van der Waals surface area contributed by atoms with E-state index in [1.54, 1.807) is 17.0 Å². The highest BCUT2D eigenvalue weighted by Gasteiger charge is 2.32. The van der Waals surface area contributed by atoms with Gasteiger partial charge in [0.15, 0.2) is 0 Å². The van der Waals surface area contributed by atoms with Gasteiger partial charge in [0.2, 0.25) is 11.7 Å². The van der Waals surface area contributed by atoms with Crippen molar-refractivity contribution in [1.29, 1.82) is 0 Å². The summed E-state index contributed by atoms with van der Waals surface area (Å²) in [5, 5.41) is 4.29. The van der Waals surface area contributed by atoms with Crippen LogP contribution < -0.4 is 4.74 Å². The largest absolute Gasteiger partial charge is 0.573 e. The molecule has 3 aromatic rings. The molecule has 2 aliphatic heterocycles. The Hall–Kier alpha value is -3.18. The van der Waals surface area contributed by atoms with E-state index in [0.717, 1.165) is 0 Å². The zero-order chi connectivity index (χ0) is 25.4. The summed E-state index contributed by atoms with van der Waals surface area (Å²) in [4.78, 5) is 21.0. The molecule has 1 saturated heterocycles. The van der Waals surface area contributed by atoms with E-state index >= 15 is 0 Å². The van der Waals surface area contributed by atoms with Crippen LogP contribution in [0.4, 0.5) is 17.6 Å². The Labute approximate surface area is 208 Å². The van der Waals surface area contributed by atoms with Crippen LogP contribution >= 0.6 is 11.6 Å². The number of carbonyl (C=O) groups excluding carboxylic acids is 1. The molecule has 0 N–H and O–H groups in total. The second-order valence-electron chi connectivity index (χ2n) is 8.81. The molecule has 0 bridgehead atoms. The molecule has 0 spiro atoms. The van der Waals surface area contributed by atoms with Gasteiger partial charge in [-0.3, -0.25) is 9.69 Å². The van der Waals surface area contributed by atoms with E-state index < -0.39 is 12.5 Å². The molecule has 7 nitrogen and oxygen atoms in total. The molecule has 36 heavy (non-hydrogen) atoms. The molecular weight excluding hydrogens is 504 g/mol. The number of amides is 1. The maximum atomic E-state index is 13.4. The van der Waals surface area contributed by atoms with Crippen molar-refractivity contribution in [2.75, 3.05) is 13.1 Å². The van der Waals surface area contributed by atoms with Gasteiger partial charge in [0.1, 0.15) is 11.9 Å². The van der Waals surface area contributed by atoms with E-state index in [1.165, 1.54) is 24.3 Å². The quantitative estimate of drug-likeness (QED) is 0.403. The minimum Gasteiger partial charge on any atom is -0.406 e. The maximum Gasteiger partial charge on any atom is 0.573 e. The van der Waals surface area contributed by atoms with Crippen molar-refractivity contribution in [2.24, 2.45) is 0 Å². The average Bonchev–Trinajstić information content (AvgIpc) is 3.40. The molecule has 3 heterocycles. The van der Waals surface area contributed by atoms with Gasteiger partial charge in [-0.05, 0) is 48.2 Å². The van der Waals surface area contributed by atoms with Gasteiger partial charge < -0.3 is 14.2 Å². The summed E-state index contributed by atoms with van der Waals surface area (Å²) in [7, 11) is 0. The molecule has 12 heteroatoms. The van der Waals surface area contributed by atoms with Crippen LogP contribution in [0.1, 0.15) is 40.2 Å². The van der Waals surface area contributed by atoms with E-state index in [1.807, 2.05) is 0 Å². The van der Waals surface area contributed by atoms with Crippen LogP contribution in [0.3, 0.4) is 0 Å². The van der Waals surface area contributed by atoms with Gasteiger partial charge in [-0.15, -0.1) is 13.2 Å². The van der Waals surface area contributed by atoms with Crippen molar-refractivity contribution in [1.82, 2.24) is 19.9 Å². The fourth-order valence-electron chi connectivity index (χ4n) is 4.42. The Balaban J connectivity index is 1.27. The van der Waals surface area contributed by atoms with Crippen LogP contribution in [0.5, 0.6) is 5.75 Å². The first-order valence-electron chi connectivity index (χ1n) is 11.3. The number of alkyl halides is 4. The third-order valence-corrected chi connectivity index (χ3v) is 6.46. The standard InChI is InChI=1S/C24H21ClF4N4O3/c25-19-10-15(22-30-20(36-31-22)13-32-7-5-17(26)6-8-32)9-16-12-33(23(34)21(16)19)11-14-1-3-18(4-2-14)35-24(27,28)29/h1-4,9-10,17H,5-8,11-13H2. The fourth-order valence-corrected chi connectivity index (χ4v) is 4.74. The zero-order valence-corrected chi connectivity index (χ0v) is 19.7. The average molecular weight is 525 g/mol. The molecule has 0 atom stereocenters. The Morgan fingerprint density at radius 2 is 1.83 bits per heavy atom. The van der Waals surface area contributed by atoms with E-state index in [0.29, 0.717) is 66.4 Å². The number of rotatable bonds is 6. The Morgan fingerprint density at radius 3 is 2.53 bits per heavy atom. The lowest BCUT2D eigenvalue weighted by molar-refractivity contribution is -0.274. The number of halogens is 5. The second-order valence-corrected chi connectivity index (χ2v) is 9.21. The normalized spacial score (nSPS) is 17.0. The Bertz CT molecular complexity index is 1260. The highest BCUT2D eigenvalue weighted by molar-refractivity contribution is 6.34. The molecule has 1 amide bonds. The summed E-state index contributed by atoms with van der Waals surface area (Å²) in [6, 6.07) is 8.74. The summed E-state index contributed by atoms with van der Waals surface area (Å²) in [5.74, 6) is 0.138. The summed E-state index contributed by atoms with van der Waals surface area (Å²) in [5.41, 5.74) is 2.30. The smallest absolute Gasteiger partial charge is 0.406 e. The molecule has 2 aromatic carbocycles. The molecular formula is C24H21ClF4N4O3. The fraction of sp³-hybridized carbons (Fsp3) is 0.375. The van der Waals surface area contributed by atoms with Crippen LogP contribution in [0.25, 0.3) is 11.4 Å². The highest BCUT2D eigenvalue weighted by atomic mass is 35.5. The SMILES string of the molecule is O=C1c2c(Cl)cc(-c3noc(CN4CCC(F)CC4)n3)cc2CN1Cc1ccc(OC(F)(F)F)cc1. The summed E-state index contributed by atoms with van der Waals surface area (Å²) >= 11 is 6.45. The molecule has 0 aliphatic carbocycles. The number of fused-ring (bicyclic) bond motifs is 1. The van der Waals surface area contributed by atoms with Crippen LogP contribution in [0.15, 0.2) is 40.9 Å². The molecule has 190 valence electrons. The number of aromatic nitrogens is 2. The van der Waals surface area contributed by atoms with Gasteiger partial charge in [0.25, 0.3) is 5.91 Å². The first kappa shape index (κ1) is 24.5. The predicted molar refractivity (Wildman–Crippen MR) is 121 cm³/mol. The number of piperidine rings is 1.